The second-order valence-electron chi connectivity index (χ2n) is 4.24. The lowest BCUT2D eigenvalue weighted by molar-refractivity contribution is 0.565. The van der Waals surface area contributed by atoms with Crippen molar-refractivity contribution in [2.45, 2.75) is 6.92 Å². The molecule has 4 heteroatoms. The number of isocyanates is 1. The highest BCUT2D eigenvalue weighted by Crippen LogP contribution is 2.31. The molecule has 0 aliphatic carbocycles. The molecule has 0 spiro atoms. The van der Waals surface area contributed by atoms with E-state index in [0.29, 0.717) is 5.69 Å². The van der Waals surface area contributed by atoms with Crippen LogP contribution in [0.3, 0.4) is 0 Å². The van der Waals surface area contributed by atoms with E-state index in [1.165, 1.54) is 16.3 Å². The van der Waals surface area contributed by atoms with E-state index in [1.54, 1.807) is 23.5 Å². The number of nitrogens with zero attached hydrogens (tertiary/aromatic N) is 2. The van der Waals surface area contributed by atoms with Gasteiger partial charge in [-0.1, -0.05) is 6.07 Å². The normalized spacial score (nSPS) is 10.4. The Balaban J connectivity index is 2.05. The topological polar surface area (TPSA) is 42.3 Å². The second kappa shape index (κ2) is 4.76. The van der Waals surface area contributed by atoms with Crippen LogP contribution >= 0.6 is 11.3 Å². The van der Waals surface area contributed by atoms with E-state index in [1.807, 2.05) is 18.2 Å². The van der Waals surface area contributed by atoms with Gasteiger partial charge in [-0.15, -0.1) is 11.3 Å². The minimum atomic E-state index is 0.607. The number of thiazole rings is 1. The summed E-state index contributed by atoms with van der Waals surface area (Å²) < 4.78 is 1.19. The minimum Gasteiger partial charge on any atom is -0.236 e. The van der Waals surface area contributed by atoms with Gasteiger partial charge in [0.1, 0.15) is 5.01 Å². The van der Waals surface area contributed by atoms with Crippen LogP contribution < -0.4 is 0 Å². The summed E-state index contributed by atoms with van der Waals surface area (Å²) in [5.74, 6) is 0. The highest BCUT2D eigenvalue weighted by Gasteiger charge is 2.06. The van der Waals surface area contributed by atoms with Gasteiger partial charge in [-0.05, 0) is 48.9 Å². The molecule has 2 aromatic carbocycles. The molecule has 3 aromatic rings. The van der Waals surface area contributed by atoms with Crippen LogP contribution in [0.25, 0.3) is 20.8 Å². The van der Waals surface area contributed by atoms with Crippen LogP contribution in [0.15, 0.2) is 47.5 Å². The molecule has 19 heavy (non-hydrogen) atoms. The van der Waals surface area contributed by atoms with Crippen LogP contribution in [-0.2, 0) is 4.79 Å². The summed E-state index contributed by atoms with van der Waals surface area (Å²) in [7, 11) is 0. The maximum atomic E-state index is 10.2. The smallest absolute Gasteiger partial charge is 0.236 e. The van der Waals surface area contributed by atoms with Crippen molar-refractivity contribution in [3.05, 3.63) is 48.0 Å². The zero-order valence-electron chi connectivity index (χ0n) is 10.3. The van der Waals surface area contributed by atoms with Gasteiger partial charge in [-0.3, -0.25) is 0 Å². The Morgan fingerprint density at radius 1 is 1.16 bits per heavy atom. The van der Waals surface area contributed by atoms with Crippen LogP contribution in [0.4, 0.5) is 5.69 Å². The summed E-state index contributed by atoms with van der Waals surface area (Å²) in [5, 5.41) is 0.974. The molecule has 0 aliphatic rings. The van der Waals surface area contributed by atoms with Gasteiger partial charge in [-0.2, -0.15) is 4.99 Å². The van der Waals surface area contributed by atoms with Crippen molar-refractivity contribution in [1.29, 1.82) is 0 Å². The third kappa shape index (κ3) is 2.32. The zero-order valence-corrected chi connectivity index (χ0v) is 11.1. The van der Waals surface area contributed by atoms with Gasteiger partial charge < -0.3 is 0 Å². The van der Waals surface area contributed by atoms with Crippen molar-refractivity contribution in [2.75, 3.05) is 0 Å². The lowest BCUT2D eigenvalue weighted by Crippen LogP contribution is -1.75. The Bertz CT molecular complexity index is 784. The average molecular weight is 266 g/mol. The first-order valence-electron chi connectivity index (χ1n) is 5.82. The predicted molar refractivity (Wildman–Crippen MR) is 77.6 cm³/mol. The van der Waals surface area contributed by atoms with Crippen molar-refractivity contribution in [3.8, 4) is 10.6 Å². The number of aromatic nitrogens is 1. The molecule has 0 saturated carbocycles. The van der Waals surface area contributed by atoms with E-state index < -0.39 is 0 Å². The highest BCUT2D eigenvalue weighted by atomic mass is 32.1. The van der Waals surface area contributed by atoms with Crippen LogP contribution in [0, 0.1) is 6.92 Å². The molecule has 0 fully saturated rings. The van der Waals surface area contributed by atoms with Gasteiger partial charge in [0, 0.05) is 5.56 Å². The van der Waals surface area contributed by atoms with Gasteiger partial charge in [0.25, 0.3) is 0 Å². The molecule has 92 valence electrons. The van der Waals surface area contributed by atoms with Crippen molar-refractivity contribution in [1.82, 2.24) is 4.98 Å². The van der Waals surface area contributed by atoms with E-state index in [-0.39, 0.29) is 0 Å². The number of hydrogen-bond acceptors (Lipinski definition) is 4. The SMILES string of the molecule is Cc1ccc2nc(-c3ccc(N=C=O)cc3)sc2c1. The molecule has 0 aliphatic heterocycles. The van der Waals surface area contributed by atoms with Crippen molar-refractivity contribution in [3.63, 3.8) is 0 Å². The van der Waals surface area contributed by atoms with Gasteiger partial charge in [0.2, 0.25) is 6.08 Å². The molecule has 0 N–H and O–H groups in total. The quantitative estimate of drug-likeness (QED) is 0.514. The molecule has 0 saturated heterocycles. The highest BCUT2D eigenvalue weighted by molar-refractivity contribution is 7.21. The maximum absolute atomic E-state index is 10.2. The summed E-state index contributed by atoms with van der Waals surface area (Å²) in [6, 6.07) is 13.7. The Hall–Kier alpha value is -2.29. The molecule has 0 unspecified atom stereocenters. The molecule has 3 nitrogen and oxygen atoms in total. The largest absolute Gasteiger partial charge is 0.240 e. The van der Waals surface area contributed by atoms with E-state index in [9.17, 15) is 4.79 Å². The van der Waals surface area contributed by atoms with Crippen LogP contribution in [0.1, 0.15) is 5.56 Å². The van der Waals surface area contributed by atoms with Crippen LogP contribution in [-0.4, -0.2) is 11.1 Å². The van der Waals surface area contributed by atoms with Crippen LogP contribution in [0.2, 0.25) is 0 Å². The summed E-state index contributed by atoms with van der Waals surface area (Å²) in [4.78, 5) is 18.4. The molecule has 3 rings (SSSR count). The average Bonchev–Trinajstić information content (AvgIpc) is 2.83. The summed E-state index contributed by atoms with van der Waals surface area (Å²) >= 11 is 1.66. The van der Waals surface area contributed by atoms with Gasteiger partial charge in [0.15, 0.2) is 0 Å². The molecule has 0 radical (unpaired) electrons. The van der Waals surface area contributed by atoms with Crippen molar-refractivity contribution >= 4 is 33.3 Å². The number of carbonyl (C=O) groups excluding carboxylic acids is 1. The maximum Gasteiger partial charge on any atom is 0.240 e. The lowest BCUT2D eigenvalue weighted by atomic mass is 10.2. The fourth-order valence-electron chi connectivity index (χ4n) is 1.89. The van der Waals surface area contributed by atoms with E-state index in [4.69, 9.17) is 0 Å². The van der Waals surface area contributed by atoms with Crippen molar-refractivity contribution < 1.29 is 4.79 Å². The minimum absolute atomic E-state index is 0.607. The number of benzene rings is 2. The summed E-state index contributed by atoms with van der Waals surface area (Å²) in [6.07, 6.45) is 1.53. The Labute approximate surface area is 114 Å². The summed E-state index contributed by atoms with van der Waals surface area (Å²) in [5.41, 5.74) is 3.89. The first-order valence-corrected chi connectivity index (χ1v) is 6.63. The van der Waals surface area contributed by atoms with Gasteiger partial charge in [-0.25, -0.2) is 9.78 Å². The number of hydrogen-bond donors (Lipinski definition) is 0. The first kappa shape index (κ1) is 11.8. The van der Waals surface area contributed by atoms with Crippen LogP contribution in [0.5, 0.6) is 0 Å². The number of aryl methyl sites for hydroxylation is 1. The van der Waals surface area contributed by atoms with E-state index >= 15 is 0 Å². The molecule has 0 atom stereocenters. The summed E-state index contributed by atoms with van der Waals surface area (Å²) in [6.45, 7) is 2.07. The number of fused-ring (bicyclic) bond motifs is 1. The number of aliphatic imine (C=N–C) groups is 1. The molecular formula is C15H10N2OS. The first-order chi connectivity index (χ1) is 9.26. The molecular weight excluding hydrogens is 256 g/mol. The Kier molecular flexibility index (Phi) is 2.95. The number of rotatable bonds is 2. The molecule has 1 aromatic heterocycles. The van der Waals surface area contributed by atoms with Crippen molar-refractivity contribution in [2.24, 2.45) is 4.99 Å². The molecule has 0 amide bonds. The predicted octanol–water partition coefficient (Wildman–Crippen LogP) is 4.24. The van der Waals surface area contributed by atoms with Gasteiger partial charge in [0.05, 0.1) is 15.9 Å². The third-order valence-electron chi connectivity index (χ3n) is 2.83. The standard InChI is InChI=1S/C15H10N2OS/c1-10-2-7-13-14(8-10)19-15(17-13)11-3-5-12(6-4-11)16-9-18/h2-8H,1H3. The van der Waals surface area contributed by atoms with E-state index in [2.05, 4.69) is 29.0 Å². The zero-order chi connectivity index (χ0) is 13.2. The second-order valence-corrected chi connectivity index (χ2v) is 5.27. The van der Waals surface area contributed by atoms with Gasteiger partial charge >= 0.3 is 0 Å². The fraction of sp³-hybridized carbons (Fsp3) is 0.0667. The molecule has 0 bridgehead atoms. The fourth-order valence-corrected chi connectivity index (χ4v) is 2.96. The lowest BCUT2D eigenvalue weighted by Gasteiger charge is -1.95. The monoisotopic (exact) mass is 266 g/mol. The van der Waals surface area contributed by atoms with E-state index in [0.717, 1.165) is 16.1 Å². The Morgan fingerprint density at radius 3 is 2.68 bits per heavy atom. The Morgan fingerprint density at radius 2 is 1.95 bits per heavy atom. The molecule has 1 heterocycles. The third-order valence-corrected chi connectivity index (χ3v) is 3.90.